The molecule has 0 fully saturated rings. The first-order valence-electron chi connectivity index (χ1n) is 18.5. The molecule has 0 saturated carbocycles. The second kappa shape index (κ2) is 14.2. The van der Waals surface area contributed by atoms with Crippen LogP contribution < -0.4 is 5.73 Å². The monoisotopic (exact) mass is 707 g/mol. The highest BCUT2D eigenvalue weighted by atomic mass is 14.7. The predicted molar refractivity (Wildman–Crippen MR) is 229 cm³/mol. The number of nitrogens with one attached hydrogen (secondary N) is 1. The third-order valence-electron chi connectivity index (χ3n) is 11.4. The number of nitrogens with zero attached hydrogens (tertiary/aromatic N) is 1. The first kappa shape index (κ1) is 35.2. The highest BCUT2D eigenvalue weighted by molar-refractivity contribution is 6.05. The van der Waals surface area contributed by atoms with Gasteiger partial charge < -0.3 is 11.1 Å². The smallest absolute Gasteiger partial charge is 0.0991 e. The zero-order valence-corrected chi connectivity index (χ0v) is 31.1. The standard InChI is InChI=1S/C51H38N2.CH3N/c1-50(2)48-31-34(33-52)17-27-46(48)47-28-24-38(32-49(47)50)35-18-20-36(21-19-35)42-29-30-43(45-16-10-9-15-44(42)45)37-22-25-41(26-23-37)51(53,39-11-5-3-6-12-39)40-13-7-4-8-14-40;1-2/h3-32H,53H2,1-2H3;2H,1H2. The second-order valence-electron chi connectivity index (χ2n) is 14.7. The van der Waals surface area contributed by atoms with Gasteiger partial charge >= 0.3 is 0 Å². The van der Waals surface area contributed by atoms with Gasteiger partial charge in [0, 0.05) is 5.41 Å². The number of hydrogen-bond donors (Lipinski definition) is 2. The SMILES string of the molecule is C=N.CC1(C)c2cc(C#N)ccc2-c2ccc(-c3ccc(-c4ccc(-c5ccc(C(N)(c6ccccc6)c6ccccc6)cc5)c5ccccc45)cc3)cc21. The first-order valence-corrected chi connectivity index (χ1v) is 18.5. The van der Waals surface area contributed by atoms with Crippen molar-refractivity contribution in [3.8, 4) is 50.6 Å². The zero-order chi connectivity index (χ0) is 38.2. The highest BCUT2D eigenvalue weighted by Gasteiger charge is 2.36. The summed E-state index contributed by atoms with van der Waals surface area (Å²) in [6, 6.07) is 66.8. The Balaban J connectivity index is 0.00000210. The molecule has 0 heterocycles. The molecule has 0 atom stereocenters. The van der Waals surface area contributed by atoms with Crippen LogP contribution in [0.1, 0.15) is 47.2 Å². The molecule has 0 bridgehead atoms. The number of hydrogen-bond acceptors (Lipinski definition) is 3. The molecular formula is C52H41N3. The molecule has 0 aromatic heterocycles. The van der Waals surface area contributed by atoms with Crippen molar-refractivity contribution in [1.29, 1.82) is 10.7 Å². The summed E-state index contributed by atoms with van der Waals surface area (Å²) in [5.41, 5.74) is 22.4. The van der Waals surface area contributed by atoms with Crippen LogP contribution in [-0.2, 0) is 11.0 Å². The van der Waals surface area contributed by atoms with Gasteiger partial charge in [0.15, 0.2) is 0 Å². The lowest BCUT2D eigenvalue weighted by atomic mass is 9.77. The van der Waals surface area contributed by atoms with Crippen molar-refractivity contribution in [1.82, 2.24) is 0 Å². The molecule has 0 unspecified atom stereocenters. The number of fused-ring (bicyclic) bond motifs is 4. The van der Waals surface area contributed by atoms with Gasteiger partial charge in [0.05, 0.1) is 17.2 Å². The third kappa shape index (κ3) is 5.94. The molecule has 55 heavy (non-hydrogen) atoms. The van der Waals surface area contributed by atoms with Gasteiger partial charge in [-0.15, -0.1) is 0 Å². The van der Waals surface area contributed by atoms with Crippen LogP contribution in [0.3, 0.4) is 0 Å². The lowest BCUT2D eigenvalue weighted by Crippen LogP contribution is -2.39. The van der Waals surface area contributed by atoms with Crippen LogP contribution in [0.25, 0.3) is 55.3 Å². The molecule has 0 radical (unpaired) electrons. The molecule has 0 aliphatic heterocycles. The van der Waals surface area contributed by atoms with E-state index < -0.39 is 5.54 Å². The summed E-state index contributed by atoms with van der Waals surface area (Å²) < 4.78 is 0. The van der Waals surface area contributed by atoms with Gasteiger partial charge in [-0.2, -0.15) is 5.26 Å². The van der Waals surface area contributed by atoms with E-state index in [1.807, 2.05) is 18.2 Å². The molecule has 8 aromatic carbocycles. The minimum absolute atomic E-state index is 0.175. The molecule has 0 saturated heterocycles. The zero-order valence-electron chi connectivity index (χ0n) is 31.1. The Hall–Kier alpha value is -6.86. The molecule has 1 aliphatic carbocycles. The third-order valence-corrected chi connectivity index (χ3v) is 11.4. The van der Waals surface area contributed by atoms with Crippen molar-refractivity contribution in [2.45, 2.75) is 24.8 Å². The van der Waals surface area contributed by atoms with E-state index >= 15 is 0 Å². The van der Waals surface area contributed by atoms with Crippen molar-refractivity contribution >= 4 is 17.5 Å². The number of rotatable bonds is 6. The molecular weight excluding hydrogens is 667 g/mol. The van der Waals surface area contributed by atoms with Gasteiger partial charge in [-0.1, -0.05) is 178 Å². The second-order valence-corrected chi connectivity index (χ2v) is 14.7. The van der Waals surface area contributed by atoms with Crippen LogP contribution in [0, 0.1) is 16.7 Å². The average Bonchev–Trinajstić information content (AvgIpc) is 3.49. The van der Waals surface area contributed by atoms with E-state index in [1.165, 1.54) is 60.8 Å². The minimum atomic E-state index is -0.776. The maximum atomic E-state index is 9.52. The predicted octanol–water partition coefficient (Wildman–Crippen LogP) is 12.5. The summed E-state index contributed by atoms with van der Waals surface area (Å²) in [6.07, 6.45) is 0. The van der Waals surface area contributed by atoms with Crippen LogP contribution >= 0.6 is 0 Å². The quantitative estimate of drug-likeness (QED) is 0.133. The maximum Gasteiger partial charge on any atom is 0.0991 e. The van der Waals surface area contributed by atoms with Crippen molar-refractivity contribution in [3.63, 3.8) is 0 Å². The van der Waals surface area contributed by atoms with Gasteiger partial charge in [-0.25, -0.2) is 0 Å². The molecule has 3 N–H and O–H groups in total. The van der Waals surface area contributed by atoms with Gasteiger partial charge in [-0.3, -0.25) is 0 Å². The summed E-state index contributed by atoms with van der Waals surface area (Å²) in [4.78, 5) is 0. The first-order chi connectivity index (χ1) is 26.9. The normalized spacial score (nSPS) is 12.5. The van der Waals surface area contributed by atoms with Crippen LogP contribution in [-0.4, -0.2) is 6.72 Å². The largest absolute Gasteiger partial charge is 0.317 e. The maximum absolute atomic E-state index is 9.52. The fraction of sp³-hybridized carbons (Fsp3) is 0.0769. The summed E-state index contributed by atoms with van der Waals surface area (Å²) in [5, 5.41) is 17.5. The van der Waals surface area contributed by atoms with E-state index in [0.717, 1.165) is 22.3 Å². The Kier molecular flexibility index (Phi) is 9.07. The number of nitrogens with two attached hydrogens (primary N) is 1. The molecule has 0 amide bonds. The van der Waals surface area contributed by atoms with E-state index in [-0.39, 0.29) is 5.41 Å². The average molecular weight is 708 g/mol. The summed E-state index contributed by atoms with van der Waals surface area (Å²) in [5.74, 6) is 0. The summed E-state index contributed by atoms with van der Waals surface area (Å²) in [7, 11) is 0. The molecule has 9 rings (SSSR count). The Labute approximate surface area is 323 Å². The topological polar surface area (TPSA) is 73.7 Å². The van der Waals surface area contributed by atoms with Gasteiger partial charge in [0.1, 0.15) is 0 Å². The van der Waals surface area contributed by atoms with E-state index in [4.69, 9.17) is 11.1 Å². The molecule has 3 nitrogen and oxygen atoms in total. The van der Waals surface area contributed by atoms with E-state index in [9.17, 15) is 5.26 Å². The van der Waals surface area contributed by atoms with Crippen LogP contribution in [0.5, 0.6) is 0 Å². The van der Waals surface area contributed by atoms with Crippen LogP contribution in [0.15, 0.2) is 182 Å². The highest BCUT2D eigenvalue weighted by Crippen LogP contribution is 2.50. The summed E-state index contributed by atoms with van der Waals surface area (Å²) >= 11 is 0. The van der Waals surface area contributed by atoms with Gasteiger partial charge in [-0.05, 0) is 108 Å². The molecule has 8 aromatic rings. The Morgan fingerprint density at radius 3 is 1.40 bits per heavy atom. The van der Waals surface area contributed by atoms with Crippen LogP contribution in [0.4, 0.5) is 0 Å². The van der Waals surface area contributed by atoms with Crippen LogP contribution in [0.2, 0.25) is 0 Å². The van der Waals surface area contributed by atoms with Crippen molar-refractivity contribution < 1.29 is 0 Å². The Morgan fingerprint density at radius 2 is 0.873 bits per heavy atom. The van der Waals surface area contributed by atoms with Crippen molar-refractivity contribution in [2.24, 2.45) is 5.73 Å². The fourth-order valence-corrected chi connectivity index (χ4v) is 8.45. The lowest BCUT2D eigenvalue weighted by molar-refractivity contribution is 0.653. The Morgan fingerprint density at radius 1 is 0.473 bits per heavy atom. The van der Waals surface area contributed by atoms with E-state index in [1.54, 1.807) is 0 Å². The Bertz CT molecular complexity index is 2660. The summed E-state index contributed by atoms with van der Waals surface area (Å²) in [6.45, 7) is 7.02. The number of benzene rings is 8. The fourth-order valence-electron chi connectivity index (χ4n) is 8.45. The molecule has 264 valence electrons. The van der Waals surface area contributed by atoms with Gasteiger partial charge in [0.25, 0.3) is 0 Å². The van der Waals surface area contributed by atoms with Crippen molar-refractivity contribution in [3.05, 3.63) is 215 Å². The number of nitriles is 1. The molecule has 3 heteroatoms. The minimum Gasteiger partial charge on any atom is -0.317 e. The lowest BCUT2D eigenvalue weighted by Gasteiger charge is -2.31. The van der Waals surface area contributed by atoms with E-state index in [0.29, 0.717) is 5.56 Å². The van der Waals surface area contributed by atoms with Gasteiger partial charge in [0.2, 0.25) is 0 Å². The molecule has 1 aliphatic rings. The van der Waals surface area contributed by atoms with E-state index in [2.05, 4.69) is 190 Å². The molecule has 0 spiro atoms. The van der Waals surface area contributed by atoms with Crippen molar-refractivity contribution in [2.75, 3.05) is 0 Å².